The van der Waals surface area contributed by atoms with E-state index >= 15 is 0 Å². The Morgan fingerprint density at radius 2 is 1.76 bits per heavy atom. The number of aromatic nitrogens is 1. The fraction of sp³-hybridized carbons (Fsp3) is 0.333. The van der Waals surface area contributed by atoms with E-state index in [-0.39, 0.29) is 35.2 Å². The molecule has 7 nitrogen and oxygen atoms in total. The van der Waals surface area contributed by atoms with E-state index in [2.05, 4.69) is 5.32 Å². The number of hydrogen-bond donors (Lipinski definition) is 2. The number of carbonyl (C=O) groups excluding carboxylic acids is 1. The van der Waals surface area contributed by atoms with Gasteiger partial charge in [-0.05, 0) is 78.1 Å². The quantitative estimate of drug-likeness (QED) is 0.252. The lowest BCUT2D eigenvalue weighted by Gasteiger charge is -2.56. The molecule has 2 heterocycles. The Labute approximate surface area is 247 Å². The minimum Gasteiger partial charge on any atom is -0.484 e. The zero-order valence-electron chi connectivity index (χ0n) is 22.8. The first-order chi connectivity index (χ1) is 20.3. The van der Waals surface area contributed by atoms with Crippen LogP contribution < -0.4 is 10.1 Å². The van der Waals surface area contributed by atoms with Gasteiger partial charge in [-0.3, -0.25) is 9.59 Å². The van der Waals surface area contributed by atoms with Gasteiger partial charge in [0.2, 0.25) is 0 Å². The van der Waals surface area contributed by atoms with E-state index < -0.39 is 5.97 Å². The van der Waals surface area contributed by atoms with E-state index in [1.165, 1.54) is 6.07 Å². The van der Waals surface area contributed by atoms with Crippen molar-refractivity contribution < 1.29 is 28.6 Å². The molecule has 3 aliphatic rings. The average molecular weight is 589 g/mol. The van der Waals surface area contributed by atoms with Crippen LogP contribution >= 0.6 is 11.6 Å². The fourth-order valence-electron chi connectivity index (χ4n) is 6.69. The summed E-state index contributed by atoms with van der Waals surface area (Å²) in [5, 5.41) is 13.2. The molecular weight excluding hydrogens is 559 g/mol. The predicted octanol–water partition coefficient (Wildman–Crippen LogP) is 6.30. The second kappa shape index (κ2) is 10.4. The van der Waals surface area contributed by atoms with Crippen LogP contribution in [0.4, 0.5) is 4.39 Å². The first kappa shape index (κ1) is 27.0. The second-order valence-electron chi connectivity index (χ2n) is 11.9. The maximum Gasteiger partial charge on any atom is 0.306 e. The van der Waals surface area contributed by atoms with Crippen LogP contribution in [0.25, 0.3) is 22.0 Å². The maximum atomic E-state index is 14.8. The molecule has 9 heteroatoms. The summed E-state index contributed by atoms with van der Waals surface area (Å²) in [5.41, 5.74) is 4.01. The standard InChI is InChI=1S/C33H30ClFN2O5/c34-27-11-21(5-8-29(27)42-24-17-41-18-24)20-3-1-19(2-4-20)16-37-10-9-25-28(35)7-6-26(30(25)37)31(38)36-23-14-33(15-23)12-22(13-33)32(39)40/h1-11,22-24H,12-18H2,(H,36,38)(H,39,40). The summed E-state index contributed by atoms with van der Waals surface area (Å²) >= 11 is 6.47. The number of rotatable bonds is 8. The Balaban J connectivity index is 1.05. The molecular formula is C33H30ClFN2O5. The summed E-state index contributed by atoms with van der Waals surface area (Å²) < 4.78 is 27.7. The first-order valence-corrected chi connectivity index (χ1v) is 14.6. The van der Waals surface area contributed by atoms with Crippen LogP contribution in [0.15, 0.2) is 66.9 Å². The van der Waals surface area contributed by atoms with E-state index in [0.717, 1.165) is 29.5 Å². The Morgan fingerprint density at radius 3 is 2.43 bits per heavy atom. The lowest BCUT2D eigenvalue weighted by molar-refractivity contribution is -0.155. The third-order valence-corrected chi connectivity index (χ3v) is 9.29. The number of carboxylic acids is 1. The lowest BCUT2D eigenvalue weighted by atomic mass is 9.50. The van der Waals surface area contributed by atoms with Crippen molar-refractivity contribution in [2.75, 3.05) is 13.2 Å². The molecule has 4 aromatic rings. The van der Waals surface area contributed by atoms with E-state index in [1.807, 2.05) is 53.2 Å². The highest BCUT2D eigenvalue weighted by atomic mass is 35.5. The summed E-state index contributed by atoms with van der Waals surface area (Å²) in [4.78, 5) is 24.5. The van der Waals surface area contributed by atoms with Gasteiger partial charge in [-0.15, -0.1) is 0 Å². The lowest BCUT2D eigenvalue weighted by Crippen LogP contribution is -2.57. The van der Waals surface area contributed by atoms with Gasteiger partial charge in [0.25, 0.3) is 5.91 Å². The Bertz CT molecular complexity index is 1680. The van der Waals surface area contributed by atoms with Crippen molar-refractivity contribution in [2.45, 2.75) is 44.4 Å². The van der Waals surface area contributed by atoms with Crippen LogP contribution in [-0.4, -0.2) is 46.9 Å². The molecule has 7 rings (SSSR count). The summed E-state index contributed by atoms with van der Waals surface area (Å²) in [5.74, 6) is -0.967. The number of ether oxygens (including phenoxy) is 2. The molecule has 3 fully saturated rings. The highest BCUT2D eigenvalue weighted by Crippen LogP contribution is 2.58. The smallest absolute Gasteiger partial charge is 0.306 e. The SMILES string of the molecule is O=C(NC1CC2(C1)CC(C(=O)O)C2)c1ccc(F)c2ccn(Cc3ccc(-c4ccc(OC5COC5)c(Cl)c4)cc3)c12. The molecule has 1 aromatic heterocycles. The molecule has 3 aromatic carbocycles. The number of amides is 1. The van der Waals surface area contributed by atoms with Crippen LogP contribution in [0.1, 0.15) is 41.6 Å². The number of carbonyl (C=O) groups is 2. The number of fused-ring (bicyclic) bond motifs is 1. The minimum atomic E-state index is -0.735. The molecule has 0 unspecified atom stereocenters. The number of nitrogens with one attached hydrogen (secondary N) is 1. The van der Waals surface area contributed by atoms with Gasteiger partial charge in [0.05, 0.1) is 35.2 Å². The summed E-state index contributed by atoms with van der Waals surface area (Å²) in [6.07, 6.45) is 4.79. The highest BCUT2D eigenvalue weighted by Gasteiger charge is 2.55. The summed E-state index contributed by atoms with van der Waals surface area (Å²) in [6, 6.07) is 18.4. The Hall–Kier alpha value is -3.88. The highest BCUT2D eigenvalue weighted by molar-refractivity contribution is 6.32. The van der Waals surface area contributed by atoms with Crippen molar-refractivity contribution >= 4 is 34.4 Å². The predicted molar refractivity (Wildman–Crippen MR) is 156 cm³/mol. The van der Waals surface area contributed by atoms with Crippen molar-refractivity contribution in [3.8, 4) is 16.9 Å². The molecule has 1 saturated heterocycles. The number of nitrogens with zero attached hydrogens (tertiary/aromatic N) is 1. The van der Waals surface area contributed by atoms with Crippen molar-refractivity contribution in [1.29, 1.82) is 0 Å². The molecule has 2 aliphatic carbocycles. The molecule has 1 amide bonds. The number of halogens is 2. The van der Waals surface area contributed by atoms with Crippen molar-refractivity contribution in [3.63, 3.8) is 0 Å². The summed E-state index contributed by atoms with van der Waals surface area (Å²) in [7, 11) is 0. The molecule has 0 radical (unpaired) electrons. The van der Waals surface area contributed by atoms with Crippen LogP contribution in [0.2, 0.25) is 5.02 Å². The van der Waals surface area contributed by atoms with Gasteiger partial charge in [-0.1, -0.05) is 41.9 Å². The second-order valence-corrected chi connectivity index (χ2v) is 12.3. The van der Waals surface area contributed by atoms with Crippen molar-refractivity contribution in [3.05, 3.63) is 88.8 Å². The third-order valence-electron chi connectivity index (χ3n) is 8.99. The summed E-state index contributed by atoms with van der Waals surface area (Å²) in [6.45, 7) is 1.62. The normalized spacial score (nSPS) is 23.2. The molecule has 216 valence electrons. The van der Waals surface area contributed by atoms with Gasteiger partial charge in [0, 0.05) is 24.2 Å². The Morgan fingerprint density at radius 1 is 1.02 bits per heavy atom. The van der Waals surface area contributed by atoms with Crippen LogP contribution in [0, 0.1) is 17.2 Å². The molecule has 0 atom stereocenters. The number of benzene rings is 3. The topological polar surface area (TPSA) is 89.8 Å². The van der Waals surface area contributed by atoms with Gasteiger partial charge in [-0.2, -0.15) is 0 Å². The Kier molecular flexibility index (Phi) is 6.71. The number of aliphatic carboxylic acids is 1. The van der Waals surface area contributed by atoms with E-state index in [4.69, 9.17) is 21.1 Å². The van der Waals surface area contributed by atoms with E-state index in [9.17, 15) is 19.1 Å². The van der Waals surface area contributed by atoms with Crippen molar-refractivity contribution in [1.82, 2.24) is 9.88 Å². The fourth-order valence-corrected chi connectivity index (χ4v) is 6.91. The van der Waals surface area contributed by atoms with Crippen LogP contribution in [-0.2, 0) is 16.1 Å². The molecule has 42 heavy (non-hydrogen) atoms. The minimum absolute atomic E-state index is 0.00432. The molecule has 2 N–H and O–H groups in total. The van der Waals surface area contributed by atoms with Crippen LogP contribution in [0.5, 0.6) is 5.75 Å². The third kappa shape index (κ3) is 4.92. The van der Waals surface area contributed by atoms with Crippen molar-refractivity contribution in [2.24, 2.45) is 11.3 Å². The van der Waals surface area contributed by atoms with Crippen LogP contribution in [0.3, 0.4) is 0 Å². The monoisotopic (exact) mass is 588 g/mol. The van der Waals surface area contributed by atoms with Gasteiger partial charge < -0.3 is 24.5 Å². The molecule has 1 spiro atoms. The number of hydrogen-bond acceptors (Lipinski definition) is 4. The molecule has 2 saturated carbocycles. The first-order valence-electron chi connectivity index (χ1n) is 14.2. The molecule has 1 aliphatic heterocycles. The van der Waals surface area contributed by atoms with Gasteiger partial charge >= 0.3 is 5.97 Å². The van der Waals surface area contributed by atoms with Gasteiger partial charge in [-0.25, -0.2) is 4.39 Å². The largest absolute Gasteiger partial charge is 0.484 e. The maximum absolute atomic E-state index is 14.8. The van der Waals surface area contributed by atoms with Gasteiger partial charge in [0.15, 0.2) is 0 Å². The zero-order chi connectivity index (χ0) is 29.0. The van der Waals surface area contributed by atoms with Gasteiger partial charge in [0.1, 0.15) is 17.7 Å². The van der Waals surface area contributed by atoms with E-state index in [1.54, 1.807) is 12.1 Å². The molecule has 0 bridgehead atoms. The number of carboxylic acid groups (broad SMARTS) is 1. The average Bonchev–Trinajstić information content (AvgIpc) is 3.32. The van der Waals surface area contributed by atoms with E-state index in [0.29, 0.717) is 59.8 Å². The zero-order valence-corrected chi connectivity index (χ0v) is 23.6.